The summed E-state index contributed by atoms with van der Waals surface area (Å²) >= 11 is 0. The number of nitrogens with two attached hydrogens (primary N) is 1. The molecule has 0 fully saturated rings. The van der Waals surface area contributed by atoms with Crippen LogP contribution in [0.25, 0.3) is 29.3 Å². The molecule has 0 saturated heterocycles. The average molecular weight is 818 g/mol. The molecule has 0 saturated carbocycles. The first-order valence-corrected chi connectivity index (χ1v) is 23.9. The van der Waals surface area contributed by atoms with E-state index in [0.717, 1.165) is 75.0 Å². The number of fused-ring (bicyclic) bond motifs is 3. The average Bonchev–Trinajstić information content (AvgIpc) is 3.51. The molecule has 306 valence electrons. The molecule has 2 aliphatic heterocycles. The number of benzene rings is 4. The molecule has 4 aromatic carbocycles. The summed E-state index contributed by atoms with van der Waals surface area (Å²) < 4.78 is 16.7. The molecule has 1 unspecified atom stereocenters. The number of likely N-dealkylation sites (N-methyl/N-ethyl adjacent to an activating group) is 2. The van der Waals surface area contributed by atoms with Crippen LogP contribution >= 0.6 is 21.6 Å². The Morgan fingerprint density at radius 3 is 2.14 bits per heavy atom. The third-order valence-electron chi connectivity index (χ3n) is 11.5. The topological polar surface area (TPSA) is 50.4 Å². The van der Waals surface area contributed by atoms with Gasteiger partial charge < -0.3 is 24.6 Å². The molecular weight excluding hydrogens is 755 g/mol. The van der Waals surface area contributed by atoms with Crippen LogP contribution in [0.4, 0.5) is 17.1 Å². The van der Waals surface area contributed by atoms with E-state index in [1.807, 2.05) is 10.8 Å². The van der Waals surface area contributed by atoms with Crippen LogP contribution in [0.5, 0.6) is 11.5 Å². The summed E-state index contributed by atoms with van der Waals surface area (Å²) in [6.45, 7) is 7.81. The van der Waals surface area contributed by atoms with Crippen LogP contribution in [0, 0.1) is 0 Å². The van der Waals surface area contributed by atoms with Crippen molar-refractivity contribution in [2.24, 2.45) is 7.05 Å². The summed E-state index contributed by atoms with van der Waals surface area (Å²) in [5, 5.41) is 2.49. The Bertz CT molecular complexity index is 2160. The highest BCUT2D eigenvalue weighted by atomic mass is 33.1. The van der Waals surface area contributed by atoms with Crippen molar-refractivity contribution in [3.8, 4) is 11.5 Å². The number of nitrogens with zero attached hydrogens (tertiary/aromatic N) is 4. The van der Waals surface area contributed by atoms with E-state index in [1.165, 1.54) is 83.0 Å². The number of rotatable bonds is 20. The Hall–Kier alpha value is -4.31. The molecule has 1 atom stereocenters. The van der Waals surface area contributed by atoms with E-state index in [4.69, 9.17) is 9.47 Å². The van der Waals surface area contributed by atoms with Gasteiger partial charge in [0.1, 0.15) is 30.4 Å². The number of para-hydroxylation sites is 3. The first-order valence-electron chi connectivity index (χ1n) is 21.4. The lowest BCUT2D eigenvalue weighted by molar-refractivity contribution is -0.647. The van der Waals surface area contributed by atoms with Crippen LogP contribution in [-0.2, 0) is 13.6 Å². The Morgan fingerprint density at radius 2 is 1.41 bits per heavy atom. The van der Waals surface area contributed by atoms with Crippen molar-refractivity contribution in [2.45, 2.75) is 64.3 Å². The number of imidazole rings is 1. The molecule has 0 amide bonds. The minimum absolute atomic E-state index is 0.528. The number of unbranched alkanes of at least 4 members (excludes halogenated alkanes) is 2. The number of hydrogen-bond donors (Lipinski definition) is 1. The van der Waals surface area contributed by atoms with Gasteiger partial charge in [-0.2, -0.15) is 0 Å². The lowest BCUT2D eigenvalue weighted by Gasteiger charge is -2.27. The Balaban J connectivity index is 0.826. The fourth-order valence-corrected chi connectivity index (χ4v) is 10.6. The molecular formula is C49H63N5O2S2+2. The minimum atomic E-state index is 0.528. The molecule has 0 bridgehead atoms. The second-order valence-corrected chi connectivity index (χ2v) is 18.4. The first-order chi connectivity index (χ1) is 28.5. The number of quaternary nitrogens is 1. The maximum absolute atomic E-state index is 5.97. The number of aromatic nitrogens is 2. The molecule has 9 heteroatoms. The summed E-state index contributed by atoms with van der Waals surface area (Å²) in [6, 6.07) is 31.0. The van der Waals surface area contributed by atoms with Gasteiger partial charge in [0.2, 0.25) is 0 Å². The predicted octanol–water partition coefficient (Wildman–Crippen LogP) is 10.1. The predicted molar refractivity (Wildman–Crippen MR) is 250 cm³/mol. The smallest absolute Gasteiger partial charge is 0.282 e. The number of ether oxygens (including phenoxy) is 2. The summed E-state index contributed by atoms with van der Waals surface area (Å²) in [5.74, 6) is 6.12. The van der Waals surface area contributed by atoms with Crippen LogP contribution < -0.4 is 29.2 Å². The monoisotopic (exact) mass is 817 g/mol. The number of hydrogen-bond acceptors (Lipinski definition) is 6. The maximum atomic E-state index is 5.97. The van der Waals surface area contributed by atoms with E-state index in [1.54, 1.807) is 0 Å². The zero-order chi connectivity index (χ0) is 40.1. The van der Waals surface area contributed by atoms with E-state index in [0.29, 0.717) is 5.92 Å². The van der Waals surface area contributed by atoms with Gasteiger partial charge in [0, 0.05) is 37.2 Å². The zero-order valence-corrected chi connectivity index (χ0v) is 36.7. The summed E-state index contributed by atoms with van der Waals surface area (Å²) in [4.78, 5) is 4.53. The largest absolute Gasteiger partial charge is 0.490 e. The van der Waals surface area contributed by atoms with Crippen molar-refractivity contribution >= 4 is 67.9 Å². The van der Waals surface area contributed by atoms with Crippen LogP contribution in [0.1, 0.15) is 80.3 Å². The van der Waals surface area contributed by atoms with E-state index in [9.17, 15) is 0 Å². The maximum Gasteiger partial charge on any atom is 0.282 e. The molecule has 7 nitrogen and oxygen atoms in total. The third-order valence-corrected chi connectivity index (χ3v) is 14.1. The number of allylic oxidation sites excluding steroid dienone is 1. The van der Waals surface area contributed by atoms with Gasteiger partial charge in [-0.15, -0.1) is 0 Å². The highest BCUT2D eigenvalue weighted by molar-refractivity contribution is 8.76. The fraction of sp³-hybridized carbons (Fsp3) is 0.408. The van der Waals surface area contributed by atoms with Crippen molar-refractivity contribution in [2.75, 3.05) is 68.2 Å². The van der Waals surface area contributed by atoms with Gasteiger partial charge >= 0.3 is 0 Å². The second-order valence-electron chi connectivity index (χ2n) is 15.7. The highest BCUT2D eigenvalue weighted by Gasteiger charge is 2.21. The first kappa shape index (κ1) is 41.8. The number of aryl methyl sites for hydroxylation is 2. The van der Waals surface area contributed by atoms with Gasteiger partial charge in [0.05, 0.1) is 44.6 Å². The van der Waals surface area contributed by atoms with Crippen molar-refractivity contribution in [3.63, 3.8) is 0 Å². The molecule has 1 aromatic heterocycles. The summed E-state index contributed by atoms with van der Waals surface area (Å²) in [7, 11) is 10.5. The van der Waals surface area contributed by atoms with Crippen LogP contribution in [0.3, 0.4) is 0 Å². The molecule has 5 aromatic rings. The summed E-state index contributed by atoms with van der Waals surface area (Å²) in [5.41, 5.74) is 10.2. The normalized spacial score (nSPS) is 14.6. The highest BCUT2D eigenvalue weighted by Crippen LogP contribution is 2.34. The van der Waals surface area contributed by atoms with Crippen LogP contribution in [0.15, 0.2) is 91.0 Å². The van der Waals surface area contributed by atoms with E-state index >= 15 is 0 Å². The zero-order valence-electron chi connectivity index (χ0n) is 35.1. The summed E-state index contributed by atoms with van der Waals surface area (Å²) in [6.07, 6.45) is 17.4. The van der Waals surface area contributed by atoms with Crippen molar-refractivity contribution in [1.29, 1.82) is 0 Å². The lowest BCUT2D eigenvalue weighted by Crippen LogP contribution is -2.78. The lowest BCUT2D eigenvalue weighted by atomic mass is 9.89. The van der Waals surface area contributed by atoms with Gasteiger partial charge in [0.15, 0.2) is 11.0 Å². The molecule has 0 aliphatic carbocycles. The van der Waals surface area contributed by atoms with E-state index < -0.39 is 0 Å². The van der Waals surface area contributed by atoms with E-state index in [2.05, 4.69) is 172 Å². The number of anilines is 2. The van der Waals surface area contributed by atoms with Crippen molar-refractivity contribution in [3.05, 3.63) is 114 Å². The molecule has 0 spiro atoms. The molecule has 3 heterocycles. The van der Waals surface area contributed by atoms with Gasteiger partial charge in [-0.3, -0.25) is 0 Å². The Kier molecular flexibility index (Phi) is 15.2. The molecule has 2 N–H and O–H groups in total. The van der Waals surface area contributed by atoms with Gasteiger partial charge in [-0.25, -0.2) is 9.13 Å². The van der Waals surface area contributed by atoms with Crippen LogP contribution in [-0.4, -0.2) is 63.0 Å². The minimum Gasteiger partial charge on any atom is -0.490 e. The SMILES string of the molecule is CCCC(CC=Cc1ccc2c(c1)OCCN2C)c1ccccc1[NH2+]CCCCSSCCCCn1c(C=Cc2ccc3c(c2)OCCN3C)[n+](C)c2ccccc21. The third kappa shape index (κ3) is 10.6. The second kappa shape index (κ2) is 21.1. The molecule has 0 radical (unpaired) electrons. The quantitative estimate of drug-likeness (QED) is 0.0366. The molecule has 2 aliphatic rings. The van der Waals surface area contributed by atoms with Gasteiger partial charge in [-0.05, 0) is 104 Å². The fourth-order valence-electron chi connectivity index (χ4n) is 8.27. The van der Waals surface area contributed by atoms with Crippen molar-refractivity contribution < 1.29 is 19.4 Å². The molecule has 58 heavy (non-hydrogen) atoms. The van der Waals surface area contributed by atoms with Gasteiger partial charge in [0.25, 0.3) is 5.82 Å². The van der Waals surface area contributed by atoms with Gasteiger partial charge in [-0.1, -0.05) is 89.5 Å². The molecule has 7 rings (SSSR count). The standard InChI is InChI=1S/C49H62N5O2S2/c1-5-15-40(17-14-16-38-22-25-45-47(36-38)55-32-30-51(45)2)41-18-6-7-19-42(41)50-28-10-12-34-57-58-35-13-11-29-54-44-21-9-8-20-43(44)53(4)49(54)27-24-39-23-26-46-48(37-39)56-33-31-52(46)3/h6-9,14,16,18-27,36-37,40,50H,5,10-13,15,17,28-35H2,1-4H3/q+1/p+1. The Labute approximate surface area is 354 Å². The van der Waals surface area contributed by atoms with Crippen LogP contribution in [0.2, 0.25) is 0 Å². The van der Waals surface area contributed by atoms with E-state index in [-0.39, 0.29) is 0 Å². The van der Waals surface area contributed by atoms with Crippen molar-refractivity contribution in [1.82, 2.24) is 4.57 Å². The Morgan fingerprint density at radius 1 is 0.759 bits per heavy atom.